The maximum absolute atomic E-state index is 12.4. The molecule has 0 aromatic heterocycles. The fourth-order valence-corrected chi connectivity index (χ4v) is 2.52. The monoisotopic (exact) mass is 234 g/mol. The molecule has 1 saturated heterocycles. The van der Waals surface area contributed by atoms with Gasteiger partial charge in [-0.1, -0.05) is 6.58 Å². The molecule has 0 bridgehead atoms. The van der Waals surface area contributed by atoms with Crippen LogP contribution in [-0.4, -0.2) is 17.7 Å². The molecule has 2 rings (SSSR count). The van der Waals surface area contributed by atoms with Crippen LogP contribution in [0, 0.1) is 5.92 Å². The molecule has 2 nitrogen and oxygen atoms in total. The SMILES string of the molecule is C=C1CC2(CCC(C(F)(F)F)CC2)OC1=O. The molecule has 1 saturated carbocycles. The van der Waals surface area contributed by atoms with Gasteiger partial charge in [0.15, 0.2) is 0 Å². The molecule has 0 aromatic rings. The maximum atomic E-state index is 12.4. The summed E-state index contributed by atoms with van der Waals surface area (Å²) in [6.45, 7) is 3.56. The Balaban J connectivity index is 2.00. The molecule has 0 N–H and O–H groups in total. The second-order valence-corrected chi connectivity index (χ2v) is 4.67. The lowest BCUT2D eigenvalue weighted by molar-refractivity contribution is -0.194. The predicted octanol–water partition coefficient (Wildman–Crippen LogP) is 2.98. The Morgan fingerprint density at radius 2 is 1.88 bits per heavy atom. The Bertz CT molecular complexity index is 307. The third kappa shape index (κ3) is 1.95. The van der Waals surface area contributed by atoms with Crippen molar-refractivity contribution >= 4 is 5.97 Å². The van der Waals surface area contributed by atoms with Crippen LogP contribution in [0.1, 0.15) is 32.1 Å². The predicted molar refractivity (Wildman–Crippen MR) is 50.6 cm³/mol. The zero-order chi connectivity index (χ0) is 12.0. The number of ether oxygens (including phenoxy) is 1. The molecule has 16 heavy (non-hydrogen) atoms. The van der Waals surface area contributed by atoms with Gasteiger partial charge in [0.2, 0.25) is 0 Å². The molecular formula is C11H13F3O2. The molecule has 2 fully saturated rings. The standard InChI is InChI=1S/C11H13F3O2/c1-7-6-10(16-9(7)15)4-2-8(3-5-10)11(12,13)14/h8H,1-6H2. The number of carbonyl (C=O) groups is 1. The fraction of sp³-hybridized carbons (Fsp3) is 0.727. The Kier molecular flexibility index (Phi) is 2.51. The van der Waals surface area contributed by atoms with E-state index in [1.165, 1.54) is 0 Å². The summed E-state index contributed by atoms with van der Waals surface area (Å²) in [5, 5.41) is 0. The van der Waals surface area contributed by atoms with E-state index in [4.69, 9.17) is 4.74 Å². The molecule has 5 heteroatoms. The van der Waals surface area contributed by atoms with Gasteiger partial charge in [0, 0.05) is 12.0 Å². The lowest BCUT2D eigenvalue weighted by atomic mass is 9.77. The van der Waals surface area contributed by atoms with E-state index in [-0.39, 0.29) is 12.8 Å². The second kappa shape index (κ2) is 3.50. The Morgan fingerprint density at radius 1 is 1.31 bits per heavy atom. The minimum atomic E-state index is -4.12. The van der Waals surface area contributed by atoms with Gasteiger partial charge in [-0.05, 0) is 25.7 Å². The van der Waals surface area contributed by atoms with Crippen molar-refractivity contribution in [3.8, 4) is 0 Å². The summed E-state index contributed by atoms with van der Waals surface area (Å²) in [7, 11) is 0. The van der Waals surface area contributed by atoms with E-state index in [0.29, 0.717) is 24.8 Å². The van der Waals surface area contributed by atoms with E-state index in [2.05, 4.69) is 6.58 Å². The van der Waals surface area contributed by atoms with Crippen LogP contribution in [0.2, 0.25) is 0 Å². The number of esters is 1. The van der Waals surface area contributed by atoms with Crippen molar-refractivity contribution in [2.75, 3.05) is 0 Å². The highest BCUT2D eigenvalue weighted by molar-refractivity contribution is 5.90. The molecule has 1 aliphatic carbocycles. The third-order valence-electron chi connectivity index (χ3n) is 3.49. The summed E-state index contributed by atoms with van der Waals surface area (Å²) in [6, 6.07) is 0. The van der Waals surface area contributed by atoms with Crippen LogP contribution < -0.4 is 0 Å². The van der Waals surface area contributed by atoms with E-state index < -0.39 is 23.7 Å². The molecule has 0 unspecified atom stereocenters. The number of rotatable bonds is 0. The molecule has 0 amide bonds. The average Bonchev–Trinajstić information content (AvgIpc) is 2.41. The molecule has 90 valence electrons. The molecule has 1 aliphatic heterocycles. The summed E-state index contributed by atoms with van der Waals surface area (Å²) >= 11 is 0. The summed E-state index contributed by atoms with van der Waals surface area (Å²) in [5.74, 6) is -1.70. The van der Waals surface area contributed by atoms with Crippen molar-refractivity contribution < 1.29 is 22.7 Å². The van der Waals surface area contributed by atoms with Crippen molar-refractivity contribution in [2.24, 2.45) is 5.92 Å². The molecular weight excluding hydrogens is 221 g/mol. The van der Waals surface area contributed by atoms with Crippen LogP contribution in [0.5, 0.6) is 0 Å². The summed E-state index contributed by atoms with van der Waals surface area (Å²) in [6.07, 6.45) is -3.06. The summed E-state index contributed by atoms with van der Waals surface area (Å²) < 4.78 is 42.5. The van der Waals surface area contributed by atoms with Gasteiger partial charge in [0.1, 0.15) is 5.60 Å². The first kappa shape index (κ1) is 11.5. The summed E-state index contributed by atoms with van der Waals surface area (Å²) in [5.41, 5.74) is -0.305. The second-order valence-electron chi connectivity index (χ2n) is 4.67. The third-order valence-corrected chi connectivity index (χ3v) is 3.49. The molecule has 0 atom stereocenters. The van der Waals surface area contributed by atoms with E-state index in [1.807, 2.05) is 0 Å². The molecule has 1 spiro atoms. The minimum absolute atomic E-state index is 0.0457. The highest BCUT2D eigenvalue weighted by Crippen LogP contribution is 2.47. The lowest BCUT2D eigenvalue weighted by Crippen LogP contribution is -2.38. The quantitative estimate of drug-likeness (QED) is 0.475. The normalized spacial score (nSPS) is 35.6. The first-order valence-corrected chi connectivity index (χ1v) is 5.30. The van der Waals surface area contributed by atoms with Gasteiger partial charge in [-0.3, -0.25) is 0 Å². The highest BCUT2D eigenvalue weighted by atomic mass is 19.4. The first-order valence-electron chi connectivity index (χ1n) is 5.30. The van der Waals surface area contributed by atoms with Gasteiger partial charge in [-0.15, -0.1) is 0 Å². The molecule has 0 radical (unpaired) electrons. The number of halogens is 3. The average molecular weight is 234 g/mol. The minimum Gasteiger partial charge on any atom is -0.455 e. The van der Waals surface area contributed by atoms with Gasteiger partial charge < -0.3 is 4.74 Å². The number of hydrogen-bond donors (Lipinski definition) is 0. The molecule has 2 aliphatic rings. The van der Waals surface area contributed by atoms with Crippen LogP contribution in [0.25, 0.3) is 0 Å². The maximum Gasteiger partial charge on any atom is 0.391 e. The van der Waals surface area contributed by atoms with Crippen LogP contribution >= 0.6 is 0 Å². The van der Waals surface area contributed by atoms with Crippen molar-refractivity contribution in [1.29, 1.82) is 0 Å². The summed E-state index contributed by atoms with van der Waals surface area (Å²) in [4.78, 5) is 11.2. The largest absolute Gasteiger partial charge is 0.455 e. The van der Waals surface area contributed by atoms with Gasteiger partial charge in [0.05, 0.1) is 5.92 Å². The van der Waals surface area contributed by atoms with Gasteiger partial charge >= 0.3 is 12.1 Å². The van der Waals surface area contributed by atoms with E-state index in [0.717, 1.165) is 0 Å². The Labute approximate surface area is 91.5 Å². The van der Waals surface area contributed by atoms with Crippen LogP contribution in [-0.2, 0) is 9.53 Å². The Morgan fingerprint density at radius 3 is 2.25 bits per heavy atom. The van der Waals surface area contributed by atoms with Crippen LogP contribution in [0.3, 0.4) is 0 Å². The van der Waals surface area contributed by atoms with Crippen LogP contribution in [0.15, 0.2) is 12.2 Å². The van der Waals surface area contributed by atoms with Crippen molar-refractivity contribution in [1.82, 2.24) is 0 Å². The highest BCUT2D eigenvalue weighted by Gasteiger charge is 2.50. The zero-order valence-corrected chi connectivity index (χ0v) is 8.77. The number of carbonyl (C=O) groups excluding carboxylic acids is 1. The van der Waals surface area contributed by atoms with E-state index in [9.17, 15) is 18.0 Å². The molecule has 1 heterocycles. The number of hydrogen-bond acceptors (Lipinski definition) is 2. The number of alkyl halides is 3. The smallest absolute Gasteiger partial charge is 0.391 e. The molecule has 0 aromatic carbocycles. The first-order chi connectivity index (χ1) is 7.32. The van der Waals surface area contributed by atoms with E-state index >= 15 is 0 Å². The van der Waals surface area contributed by atoms with Crippen LogP contribution in [0.4, 0.5) is 13.2 Å². The van der Waals surface area contributed by atoms with Gasteiger partial charge in [-0.25, -0.2) is 4.79 Å². The lowest BCUT2D eigenvalue weighted by Gasteiger charge is -2.36. The topological polar surface area (TPSA) is 26.3 Å². The van der Waals surface area contributed by atoms with E-state index in [1.54, 1.807) is 0 Å². The van der Waals surface area contributed by atoms with Crippen molar-refractivity contribution in [2.45, 2.75) is 43.9 Å². The van der Waals surface area contributed by atoms with Crippen molar-refractivity contribution in [3.05, 3.63) is 12.2 Å². The zero-order valence-electron chi connectivity index (χ0n) is 8.77. The Hall–Kier alpha value is -1.00. The van der Waals surface area contributed by atoms with Crippen molar-refractivity contribution in [3.63, 3.8) is 0 Å². The van der Waals surface area contributed by atoms with Gasteiger partial charge in [0.25, 0.3) is 0 Å². The fourth-order valence-electron chi connectivity index (χ4n) is 2.52. The van der Waals surface area contributed by atoms with Gasteiger partial charge in [-0.2, -0.15) is 13.2 Å².